The Morgan fingerprint density at radius 1 is 0.491 bits per heavy atom. The van der Waals surface area contributed by atoms with Gasteiger partial charge in [0, 0.05) is 0 Å². The molecule has 0 N–H and O–H groups in total. The fraction of sp³-hybridized carbons (Fsp3) is 0.633. The number of ether oxygens (including phenoxy) is 2. The van der Waals surface area contributed by atoms with Crippen molar-refractivity contribution in [3.63, 3.8) is 0 Å². The molecular formula is C49H76N2O2. The second-order valence-electron chi connectivity index (χ2n) is 15.4. The number of aryl methyl sites for hydroxylation is 1. The molecule has 3 rings (SSSR count). The number of hydrogen-bond donors (Lipinski definition) is 0. The zero-order valence-electron chi connectivity index (χ0n) is 34.7. The highest BCUT2D eigenvalue weighted by molar-refractivity contribution is 5.70. The first-order valence-corrected chi connectivity index (χ1v) is 22.1. The van der Waals surface area contributed by atoms with Crippen LogP contribution in [0.15, 0.2) is 70.9 Å². The van der Waals surface area contributed by atoms with Gasteiger partial charge in [0.05, 0.1) is 24.6 Å². The molecule has 0 fully saturated rings. The van der Waals surface area contributed by atoms with E-state index >= 15 is 0 Å². The van der Waals surface area contributed by atoms with E-state index in [-0.39, 0.29) is 0 Å². The molecule has 0 aliphatic heterocycles. The minimum Gasteiger partial charge on any atom is -0.494 e. The van der Waals surface area contributed by atoms with Crippen LogP contribution >= 0.6 is 0 Å². The molecule has 3 aromatic rings. The van der Waals surface area contributed by atoms with E-state index in [4.69, 9.17) is 19.7 Å². The molecule has 294 valence electrons. The van der Waals surface area contributed by atoms with Crippen LogP contribution in [-0.4, -0.2) is 13.2 Å². The number of nitrogens with zero attached hydrogens (tertiary/aromatic N) is 2. The van der Waals surface area contributed by atoms with Gasteiger partial charge in [0.2, 0.25) is 0 Å². The molecule has 1 atom stereocenters. The highest BCUT2D eigenvalue weighted by Gasteiger charge is 2.14. The summed E-state index contributed by atoms with van der Waals surface area (Å²) in [4.78, 5) is 0. The van der Waals surface area contributed by atoms with Gasteiger partial charge < -0.3 is 9.47 Å². The van der Waals surface area contributed by atoms with Crippen LogP contribution in [-0.2, 0) is 6.42 Å². The van der Waals surface area contributed by atoms with Gasteiger partial charge in [-0.1, -0.05) is 175 Å². The molecule has 0 amide bonds. The Morgan fingerprint density at radius 2 is 1.02 bits per heavy atom. The van der Waals surface area contributed by atoms with E-state index in [1.165, 1.54) is 138 Å². The van der Waals surface area contributed by atoms with E-state index in [0.717, 1.165) is 68.2 Å². The van der Waals surface area contributed by atoms with Crippen LogP contribution in [0.3, 0.4) is 0 Å². The van der Waals surface area contributed by atoms with Gasteiger partial charge in [-0.05, 0) is 96.3 Å². The summed E-state index contributed by atoms with van der Waals surface area (Å²) in [5, 5.41) is 9.49. The standard InChI is InChI=1S/C49H76N2O2/c1-6-10-13-15-16-17-18-19-20-21-22-23-24-26-38-53-49-36-32-45(40-48(49)41(5)28-25-14-11-7-2)51-50-44-31-35-47(43(39-44)27-9-4)42-29-33-46(34-30-42)52-37-12-8-3/h29-36,39-41H,6-28,37-38H2,1-5H3/b51-50+. The highest BCUT2D eigenvalue weighted by Crippen LogP contribution is 2.35. The largest absolute Gasteiger partial charge is 0.494 e. The van der Waals surface area contributed by atoms with Crippen molar-refractivity contribution < 1.29 is 9.47 Å². The lowest BCUT2D eigenvalue weighted by Gasteiger charge is -2.18. The van der Waals surface area contributed by atoms with Crippen LogP contribution in [0.5, 0.6) is 11.5 Å². The predicted molar refractivity (Wildman–Crippen MR) is 230 cm³/mol. The molecule has 0 aliphatic carbocycles. The summed E-state index contributed by atoms with van der Waals surface area (Å²) < 4.78 is 12.4. The van der Waals surface area contributed by atoms with E-state index < -0.39 is 0 Å². The summed E-state index contributed by atoms with van der Waals surface area (Å²) in [5.74, 6) is 2.38. The van der Waals surface area contributed by atoms with Crippen molar-refractivity contribution in [2.75, 3.05) is 13.2 Å². The van der Waals surface area contributed by atoms with Crippen molar-refractivity contribution in [3.8, 4) is 22.6 Å². The molecule has 1 unspecified atom stereocenters. The molecule has 3 aromatic carbocycles. The molecule has 0 saturated heterocycles. The van der Waals surface area contributed by atoms with Crippen molar-refractivity contribution in [3.05, 3.63) is 71.8 Å². The zero-order valence-corrected chi connectivity index (χ0v) is 34.7. The lowest BCUT2D eigenvalue weighted by Crippen LogP contribution is -2.03. The Hall–Kier alpha value is -3.14. The molecule has 0 bridgehead atoms. The monoisotopic (exact) mass is 725 g/mol. The van der Waals surface area contributed by atoms with Crippen LogP contribution < -0.4 is 9.47 Å². The number of benzene rings is 3. The third-order valence-electron chi connectivity index (χ3n) is 10.6. The van der Waals surface area contributed by atoms with Gasteiger partial charge in [-0.15, -0.1) is 0 Å². The Kier molecular flexibility index (Phi) is 23.7. The van der Waals surface area contributed by atoms with Gasteiger partial charge in [0.15, 0.2) is 0 Å². The van der Waals surface area contributed by atoms with Gasteiger partial charge in [-0.3, -0.25) is 0 Å². The summed E-state index contributed by atoms with van der Waals surface area (Å²) in [6.45, 7) is 12.9. The van der Waals surface area contributed by atoms with Crippen LogP contribution in [0.25, 0.3) is 11.1 Å². The summed E-state index contributed by atoms with van der Waals surface area (Å²) >= 11 is 0. The summed E-state index contributed by atoms with van der Waals surface area (Å²) in [5.41, 5.74) is 6.82. The van der Waals surface area contributed by atoms with E-state index in [1.54, 1.807) is 0 Å². The average molecular weight is 725 g/mol. The van der Waals surface area contributed by atoms with Crippen LogP contribution in [0.2, 0.25) is 0 Å². The third kappa shape index (κ3) is 18.2. The lowest BCUT2D eigenvalue weighted by molar-refractivity contribution is 0.299. The molecule has 0 heterocycles. The van der Waals surface area contributed by atoms with E-state index in [2.05, 4.69) is 95.3 Å². The Morgan fingerprint density at radius 3 is 1.62 bits per heavy atom. The van der Waals surface area contributed by atoms with Crippen LogP contribution in [0, 0.1) is 0 Å². The van der Waals surface area contributed by atoms with Gasteiger partial charge in [0.1, 0.15) is 11.5 Å². The molecule has 4 nitrogen and oxygen atoms in total. The number of unbranched alkanes of at least 4 members (excludes halogenated alkanes) is 17. The van der Waals surface area contributed by atoms with E-state index in [9.17, 15) is 0 Å². The normalized spacial score (nSPS) is 12.1. The zero-order chi connectivity index (χ0) is 37.8. The number of rotatable bonds is 31. The fourth-order valence-electron chi connectivity index (χ4n) is 7.21. The summed E-state index contributed by atoms with van der Waals surface area (Å²) in [7, 11) is 0. The van der Waals surface area contributed by atoms with E-state index in [0.29, 0.717) is 5.92 Å². The second-order valence-corrected chi connectivity index (χ2v) is 15.4. The first-order valence-electron chi connectivity index (χ1n) is 22.1. The molecule has 0 radical (unpaired) electrons. The fourth-order valence-corrected chi connectivity index (χ4v) is 7.21. The topological polar surface area (TPSA) is 43.2 Å². The van der Waals surface area contributed by atoms with Gasteiger partial charge in [0.25, 0.3) is 0 Å². The smallest absolute Gasteiger partial charge is 0.122 e. The van der Waals surface area contributed by atoms with Crippen molar-refractivity contribution in [1.29, 1.82) is 0 Å². The minimum atomic E-state index is 0.423. The van der Waals surface area contributed by atoms with Gasteiger partial charge in [-0.2, -0.15) is 10.2 Å². The van der Waals surface area contributed by atoms with Crippen LogP contribution in [0.4, 0.5) is 11.4 Å². The first-order chi connectivity index (χ1) is 26.1. The molecule has 53 heavy (non-hydrogen) atoms. The molecular weight excluding hydrogens is 649 g/mol. The van der Waals surface area contributed by atoms with Gasteiger partial charge in [-0.25, -0.2) is 0 Å². The quantitative estimate of drug-likeness (QED) is 0.0490. The maximum absolute atomic E-state index is 6.46. The third-order valence-corrected chi connectivity index (χ3v) is 10.6. The maximum Gasteiger partial charge on any atom is 0.122 e. The molecule has 0 saturated carbocycles. The van der Waals surface area contributed by atoms with Gasteiger partial charge >= 0.3 is 0 Å². The van der Waals surface area contributed by atoms with Crippen molar-refractivity contribution in [2.24, 2.45) is 10.2 Å². The van der Waals surface area contributed by atoms with Crippen molar-refractivity contribution in [2.45, 2.75) is 188 Å². The SMILES string of the molecule is CCCCCCCCCCCCCCCCOc1ccc(/N=N/c2ccc(-c3ccc(OCCCC)cc3)c(CCC)c2)cc1C(C)CCCCCC. The number of azo groups is 1. The lowest BCUT2D eigenvalue weighted by atomic mass is 9.93. The maximum atomic E-state index is 6.46. The molecule has 0 aliphatic rings. The minimum absolute atomic E-state index is 0.423. The Labute approximate surface area is 326 Å². The van der Waals surface area contributed by atoms with E-state index in [1.807, 2.05) is 0 Å². The van der Waals surface area contributed by atoms with Crippen molar-refractivity contribution in [1.82, 2.24) is 0 Å². The molecule has 0 aromatic heterocycles. The van der Waals surface area contributed by atoms with Crippen molar-refractivity contribution >= 4 is 11.4 Å². The average Bonchev–Trinajstić information content (AvgIpc) is 3.18. The van der Waals surface area contributed by atoms with Crippen LogP contribution in [0.1, 0.15) is 193 Å². The summed E-state index contributed by atoms with van der Waals surface area (Å²) in [6, 6.07) is 21.4. The number of hydrogen-bond acceptors (Lipinski definition) is 4. The molecule has 4 heteroatoms. The summed E-state index contributed by atoms with van der Waals surface area (Å²) in [6.07, 6.45) is 29.8. The Balaban J connectivity index is 1.55. The Bertz CT molecular complexity index is 1380. The molecule has 0 spiro atoms. The highest BCUT2D eigenvalue weighted by atomic mass is 16.5. The first kappa shape index (κ1) is 44.3. The predicted octanol–water partition coefficient (Wildman–Crippen LogP) is 16.8. The second kappa shape index (κ2) is 28.3.